The number of aliphatic carboxylic acids is 1. The maximum absolute atomic E-state index is 14.1. The highest BCUT2D eigenvalue weighted by Gasteiger charge is 2.23. The zero-order valence-corrected chi connectivity index (χ0v) is 19.7. The Bertz CT molecular complexity index is 1340. The van der Waals surface area contributed by atoms with Crippen LogP contribution in [0.5, 0.6) is 0 Å². The Morgan fingerprint density at radius 1 is 0.763 bits per heavy atom. The molecular formula is C24H22B2F2N2O8. The molecule has 0 aliphatic heterocycles. The predicted octanol–water partition coefficient (Wildman–Crippen LogP) is -1.02. The van der Waals surface area contributed by atoms with E-state index in [0.29, 0.717) is 11.1 Å². The first kappa shape index (κ1) is 28.5. The highest BCUT2D eigenvalue weighted by atomic mass is 19.1. The summed E-state index contributed by atoms with van der Waals surface area (Å²) in [7, 11) is -4.08. The normalized spacial score (nSPS) is 10.6. The lowest BCUT2D eigenvalue weighted by atomic mass is 9.79. The van der Waals surface area contributed by atoms with E-state index in [2.05, 4.69) is 5.32 Å². The molecule has 0 saturated carbocycles. The Hall–Kier alpha value is -4.10. The molecule has 0 aromatic heterocycles. The van der Waals surface area contributed by atoms with Crippen molar-refractivity contribution in [3.05, 3.63) is 94.6 Å². The Morgan fingerprint density at radius 2 is 1.26 bits per heavy atom. The molecule has 196 valence electrons. The maximum Gasteiger partial charge on any atom is 0.491 e. The number of hydrogen-bond acceptors (Lipinski definition) is 7. The number of rotatable bonds is 10. The monoisotopic (exact) mass is 526 g/mol. The fourth-order valence-corrected chi connectivity index (χ4v) is 3.56. The van der Waals surface area contributed by atoms with E-state index in [0.717, 1.165) is 35.2 Å². The Morgan fingerprint density at radius 3 is 1.76 bits per heavy atom. The third-order valence-corrected chi connectivity index (χ3v) is 5.53. The van der Waals surface area contributed by atoms with E-state index in [1.165, 1.54) is 6.07 Å². The standard InChI is InChI=1S/C24H22B2F2N2O8/c27-20-9-16(5-7-18(20)25(35)36)23(33)29-11-14-1-3-15(4-2-14)12-30(13-22(31)32)24(34)17-6-8-19(26(37)38)21(28)10-17/h1-10,35-38H,11-13H2,(H,29,33)(H,31,32). The van der Waals surface area contributed by atoms with Crippen molar-refractivity contribution in [3.63, 3.8) is 0 Å². The van der Waals surface area contributed by atoms with Crippen molar-refractivity contribution in [3.8, 4) is 0 Å². The average Bonchev–Trinajstić information content (AvgIpc) is 2.86. The van der Waals surface area contributed by atoms with Gasteiger partial charge in [0.15, 0.2) is 0 Å². The smallest absolute Gasteiger partial charge is 0.480 e. The second-order valence-electron chi connectivity index (χ2n) is 8.27. The van der Waals surface area contributed by atoms with Crippen molar-refractivity contribution in [1.82, 2.24) is 10.2 Å². The SMILES string of the molecule is O=C(O)CN(Cc1ccc(CNC(=O)c2ccc(B(O)O)c(F)c2)cc1)C(=O)c1ccc(B(O)O)c(F)c1. The van der Waals surface area contributed by atoms with Crippen LogP contribution in [0.1, 0.15) is 31.8 Å². The minimum absolute atomic E-state index is 0.0238. The van der Waals surface area contributed by atoms with Gasteiger partial charge in [0.2, 0.25) is 0 Å². The highest BCUT2D eigenvalue weighted by Crippen LogP contribution is 2.13. The lowest BCUT2D eigenvalue weighted by Gasteiger charge is -2.21. The first-order valence-electron chi connectivity index (χ1n) is 11.1. The number of carboxylic acid groups (broad SMARTS) is 1. The van der Waals surface area contributed by atoms with E-state index in [1.54, 1.807) is 24.3 Å². The third kappa shape index (κ3) is 7.23. The Kier molecular flexibility index (Phi) is 9.31. The summed E-state index contributed by atoms with van der Waals surface area (Å²) < 4.78 is 28.0. The van der Waals surface area contributed by atoms with Crippen molar-refractivity contribution in [2.75, 3.05) is 6.54 Å². The van der Waals surface area contributed by atoms with Gasteiger partial charge in [-0.25, -0.2) is 8.78 Å². The molecule has 3 aromatic rings. The summed E-state index contributed by atoms with van der Waals surface area (Å²) >= 11 is 0. The van der Waals surface area contributed by atoms with Crippen LogP contribution in [0.15, 0.2) is 60.7 Å². The van der Waals surface area contributed by atoms with Crippen LogP contribution in [0.2, 0.25) is 0 Å². The second-order valence-corrected chi connectivity index (χ2v) is 8.27. The summed E-state index contributed by atoms with van der Waals surface area (Å²) in [6, 6.07) is 12.7. The van der Waals surface area contributed by atoms with Crippen molar-refractivity contribution >= 4 is 42.9 Å². The van der Waals surface area contributed by atoms with Crippen LogP contribution in [0.25, 0.3) is 0 Å². The number of nitrogens with zero attached hydrogens (tertiary/aromatic N) is 1. The van der Waals surface area contributed by atoms with Gasteiger partial charge in [-0.3, -0.25) is 14.4 Å². The minimum atomic E-state index is -2.07. The highest BCUT2D eigenvalue weighted by molar-refractivity contribution is 6.59. The topological polar surface area (TPSA) is 168 Å². The third-order valence-electron chi connectivity index (χ3n) is 5.53. The molecule has 0 fully saturated rings. The number of halogens is 2. The second kappa shape index (κ2) is 12.4. The molecule has 0 aliphatic rings. The van der Waals surface area contributed by atoms with E-state index < -0.39 is 55.7 Å². The molecule has 0 aliphatic carbocycles. The van der Waals surface area contributed by atoms with Gasteiger partial charge in [0.1, 0.15) is 18.2 Å². The van der Waals surface area contributed by atoms with Gasteiger partial charge >= 0.3 is 20.2 Å². The summed E-state index contributed by atoms with van der Waals surface area (Å²) in [6.45, 7) is -0.747. The molecule has 0 bridgehead atoms. The zero-order valence-electron chi connectivity index (χ0n) is 19.7. The summed E-state index contributed by atoms with van der Waals surface area (Å²) in [4.78, 5) is 37.4. The largest absolute Gasteiger partial charge is 0.491 e. The van der Waals surface area contributed by atoms with E-state index in [4.69, 9.17) is 20.1 Å². The fraction of sp³-hybridized carbons (Fsp3) is 0.125. The number of carbonyl (C=O) groups is 3. The predicted molar refractivity (Wildman–Crippen MR) is 132 cm³/mol. The van der Waals surface area contributed by atoms with Gasteiger partial charge in [0, 0.05) is 35.1 Å². The number of amides is 2. The van der Waals surface area contributed by atoms with Crippen molar-refractivity contribution in [2.24, 2.45) is 0 Å². The van der Waals surface area contributed by atoms with Crippen LogP contribution in [0.4, 0.5) is 8.78 Å². The van der Waals surface area contributed by atoms with Gasteiger partial charge in [-0.1, -0.05) is 36.4 Å². The number of carboxylic acids is 1. The van der Waals surface area contributed by atoms with Gasteiger partial charge in [-0.05, 0) is 35.4 Å². The lowest BCUT2D eigenvalue weighted by molar-refractivity contribution is -0.137. The number of nitrogens with one attached hydrogen (secondary N) is 1. The molecule has 0 spiro atoms. The van der Waals surface area contributed by atoms with Gasteiger partial charge in [-0.15, -0.1) is 0 Å². The number of hydrogen-bond donors (Lipinski definition) is 6. The number of carbonyl (C=O) groups excluding carboxylic acids is 2. The molecule has 2 amide bonds. The Labute approximate surface area is 216 Å². The van der Waals surface area contributed by atoms with Crippen molar-refractivity contribution < 1.29 is 48.4 Å². The molecular weight excluding hydrogens is 504 g/mol. The molecule has 3 aromatic carbocycles. The fourth-order valence-electron chi connectivity index (χ4n) is 3.56. The van der Waals surface area contributed by atoms with E-state index >= 15 is 0 Å². The molecule has 6 N–H and O–H groups in total. The van der Waals surface area contributed by atoms with E-state index in [-0.39, 0.29) is 29.7 Å². The van der Waals surface area contributed by atoms with E-state index in [9.17, 15) is 28.3 Å². The Balaban J connectivity index is 1.66. The van der Waals surface area contributed by atoms with Gasteiger partial charge in [0.25, 0.3) is 11.8 Å². The first-order valence-corrected chi connectivity index (χ1v) is 11.1. The molecule has 0 saturated heterocycles. The quantitative estimate of drug-likeness (QED) is 0.183. The summed E-state index contributed by atoms with van der Waals surface area (Å²) in [5.74, 6) is -4.65. The van der Waals surface area contributed by atoms with Crippen molar-refractivity contribution in [2.45, 2.75) is 13.1 Å². The van der Waals surface area contributed by atoms with Crippen LogP contribution in [-0.4, -0.2) is 68.7 Å². The van der Waals surface area contributed by atoms with Gasteiger partial charge in [0.05, 0.1) is 0 Å². The molecule has 0 unspecified atom stereocenters. The number of benzene rings is 3. The molecule has 14 heteroatoms. The summed E-state index contributed by atoms with van der Waals surface area (Å²) in [5, 5.41) is 48.2. The van der Waals surface area contributed by atoms with Crippen LogP contribution >= 0.6 is 0 Å². The average molecular weight is 526 g/mol. The van der Waals surface area contributed by atoms with Crippen LogP contribution < -0.4 is 16.2 Å². The first-order chi connectivity index (χ1) is 18.0. The van der Waals surface area contributed by atoms with E-state index in [1.807, 2.05) is 0 Å². The van der Waals surface area contributed by atoms with Gasteiger partial charge in [-0.2, -0.15) is 0 Å². The minimum Gasteiger partial charge on any atom is -0.480 e. The zero-order chi connectivity index (χ0) is 28.0. The molecule has 0 radical (unpaired) electrons. The van der Waals surface area contributed by atoms with Crippen LogP contribution in [0, 0.1) is 11.6 Å². The summed E-state index contributed by atoms with van der Waals surface area (Å²) in [5.41, 5.74) is 0.188. The molecule has 0 heterocycles. The maximum atomic E-state index is 14.1. The summed E-state index contributed by atoms with van der Waals surface area (Å²) in [6.07, 6.45) is 0. The van der Waals surface area contributed by atoms with Crippen molar-refractivity contribution in [1.29, 1.82) is 0 Å². The molecule has 38 heavy (non-hydrogen) atoms. The molecule has 0 atom stereocenters. The van der Waals surface area contributed by atoms with Gasteiger partial charge < -0.3 is 35.4 Å². The van der Waals surface area contributed by atoms with Crippen LogP contribution in [0.3, 0.4) is 0 Å². The lowest BCUT2D eigenvalue weighted by Crippen LogP contribution is -2.36. The molecule has 3 rings (SSSR count). The molecule has 10 nitrogen and oxygen atoms in total. The van der Waals surface area contributed by atoms with Crippen LogP contribution in [-0.2, 0) is 17.9 Å².